The molecule has 1 heterocycles. The lowest BCUT2D eigenvalue weighted by Crippen LogP contribution is -2.32. The van der Waals surface area contributed by atoms with E-state index in [2.05, 4.69) is 10.1 Å². The quantitative estimate of drug-likeness (QED) is 0.776. The summed E-state index contributed by atoms with van der Waals surface area (Å²) in [6, 6.07) is 0. The fourth-order valence-corrected chi connectivity index (χ4v) is 2.19. The fourth-order valence-electron chi connectivity index (χ4n) is 2.19. The normalized spacial score (nSPS) is 23.6. The molecular formula is C12H21N3O2. The van der Waals surface area contributed by atoms with Crippen molar-refractivity contribution in [1.29, 1.82) is 0 Å². The predicted octanol–water partition coefficient (Wildman–Crippen LogP) is 1.32. The van der Waals surface area contributed by atoms with Crippen LogP contribution in [0.4, 0.5) is 0 Å². The number of hydrogen-bond acceptors (Lipinski definition) is 5. The van der Waals surface area contributed by atoms with Crippen LogP contribution in [0.25, 0.3) is 0 Å². The molecule has 96 valence electrons. The van der Waals surface area contributed by atoms with Crippen molar-refractivity contribution in [2.45, 2.75) is 45.1 Å². The molecule has 5 nitrogen and oxygen atoms in total. The molecule has 1 aliphatic carbocycles. The number of aryl methyl sites for hydroxylation is 1. The molecular weight excluding hydrogens is 218 g/mol. The molecule has 0 saturated heterocycles. The largest absolute Gasteiger partial charge is 0.378 e. The maximum Gasteiger partial charge on any atom is 0.226 e. The van der Waals surface area contributed by atoms with Crippen molar-refractivity contribution in [2.24, 2.45) is 11.7 Å². The van der Waals surface area contributed by atoms with Crippen molar-refractivity contribution >= 4 is 0 Å². The van der Waals surface area contributed by atoms with Crippen LogP contribution in [-0.2, 0) is 17.6 Å². The smallest absolute Gasteiger partial charge is 0.226 e. The van der Waals surface area contributed by atoms with Gasteiger partial charge >= 0.3 is 0 Å². The summed E-state index contributed by atoms with van der Waals surface area (Å²) < 4.78 is 10.7. The molecule has 2 N–H and O–H groups in total. The van der Waals surface area contributed by atoms with E-state index in [0.29, 0.717) is 18.6 Å². The molecule has 0 spiro atoms. The third-order valence-electron chi connectivity index (χ3n) is 3.17. The standard InChI is InChI=1S/C12H21N3O2/c1-2-16-10-6-9(7-10)8-12-14-11(15-17-12)4-3-5-13/h9-10H,2-8,13H2,1H3. The SMILES string of the molecule is CCOC1CC(Cc2nc(CCCN)no2)C1. The minimum atomic E-state index is 0.449. The first-order valence-electron chi connectivity index (χ1n) is 6.45. The number of ether oxygens (including phenoxy) is 1. The minimum absolute atomic E-state index is 0.449. The Morgan fingerprint density at radius 1 is 1.47 bits per heavy atom. The van der Waals surface area contributed by atoms with Crippen molar-refractivity contribution in [1.82, 2.24) is 10.1 Å². The molecule has 0 bridgehead atoms. The summed E-state index contributed by atoms with van der Waals surface area (Å²) in [6.07, 6.45) is 5.30. The van der Waals surface area contributed by atoms with Crippen molar-refractivity contribution in [3.8, 4) is 0 Å². The van der Waals surface area contributed by atoms with Crippen molar-refractivity contribution in [2.75, 3.05) is 13.2 Å². The molecule has 17 heavy (non-hydrogen) atoms. The van der Waals surface area contributed by atoms with Gasteiger partial charge in [0.05, 0.1) is 6.10 Å². The Morgan fingerprint density at radius 3 is 3.00 bits per heavy atom. The maximum atomic E-state index is 5.52. The molecule has 0 radical (unpaired) electrons. The zero-order valence-electron chi connectivity index (χ0n) is 10.4. The van der Waals surface area contributed by atoms with Gasteiger partial charge in [0, 0.05) is 19.4 Å². The molecule has 1 fully saturated rings. The van der Waals surface area contributed by atoms with Crippen LogP contribution in [0.2, 0.25) is 0 Å². The lowest BCUT2D eigenvalue weighted by molar-refractivity contribution is -0.0258. The molecule has 0 unspecified atom stereocenters. The molecule has 2 rings (SSSR count). The molecule has 1 aliphatic rings. The van der Waals surface area contributed by atoms with E-state index in [4.69, 9.17) is 15.0 Å². The Kier molecular flexibility index (Phi) is 4.50. The lowest BCUT2D eigenvalue weighted by Gasteiger charge is -2.33. The zero-order valence-corrected chi connectivity index (χ0v) is 10.4. The molecule has 0 aliphatic heterocycles. The van der Waals surface area contributed by atoms with Crippen molar-refractivity contribution in [3.05, 3.63) is 11.7 Å². The topological polar surface area (TPSA) is 74.2 Å². The summed E-state index contributed by atoms with van der Waals surface area (Å²) in [5.74, 6) is 2.19. The molecule has 0 aromatic carbocycles. The molecule has 1 saturated carbocycles. The van der Waals surface area contributed by atoms with Gasteiger partial charge in [-0.3, -0.25) is 0 Å². The van der Waals surface area contributed by atoms with Gasteiger partial charge in [-0.05, 0) is 38.6 Å². The van der Waals surface area contributed by atoms with Gasteiger partial charge in [0.1, 0.15) is 0 Å². The highest BCUT2D eigenvalue weighted by Gasteiger charge is 2.30. The Hall–Kier alpha value is -0.940. The lowest BCUT2D eigenvalue weighted by atomic mass is 9.80. The molecule has 0 amide bonds. The van der Waals surface area contributed by atoms with E-state index in [1.807, 2.05) is 6.92 Å². The Bertz CT molecular complexity index is 334. The van der Waals surface area contributed by atoms with Crippen LogP contribution in [0, 0.1) is 5.92 Å². The highest BCUT2D eigenvalue weighted by Crippen LogP contribution is 2.32. The van der Waals surface area contributed by atoms with Gasteiger partial charge in [-0.1, -0.05) is 5.16 Å². The average molecular weight is 239 g/mol. The van der Waals surface area contributed by atoms with Crippen LogP contribution in [-0.4, -0.2) is 29.4 Å². The van der Waals surface area contributed by atoms with E-state index in [9.17, 15) is 0 Å². The summed E-state index contributed by atoms with van der Waals surface area (Å²) >= 11 is 0. The van der Waals surface area contributed by atoms with Gasteiger partial charge in [0.15, 0.2) is 5.82 Å². The van der Waals surface area contributed by atoms with Crippen molar-refractivity contribution < 1.29 is 9.26 Å². The van der Waals surface area contributed by atoms with Gasteiger partial charge in [-0.15, -0.1) is 0 Å². The third-order valence-corrected chi connectivity index (χ3v) is 3.17. The first-order valence-corrected chi connectivity index (χ1v) is 6.45. The summed E-state index contributed by atoms with van der Waals surface area (Å²) in [6.45, 7) is 3.51. The van der Waals surface area contributed by atoms with Crippen LogP contribution < -0.4 is 5.73 Å². The fraction of sp³-hybridized carbons (Fsp3) is 0.833. The summed E-state index contributed by atoms with van der Waals surface area (Å²) in [4.78, 5) is 4.37. The summed E-state index contributed by atoms with van der Waals surface area (Å²) in [5.41, 5.74) is 5.44. The summed E-state index contributed by atoms with van der Waals surface area (Å²) in [7, 11) is 0. The monoisotopic (exact) mass is 239 g/mol. The van der Waals surface area contributed by atoms with E-state index in [-0.39, 0.29) is 0 Å². The zero-order chi connectivity index (χ0) is 12.1. The first-order chi connectivity index (χ1) is 8.31. The van der Waals surface area contributed by atoms with Crippen LogP contribution in [0.1, 0.15) is 37.9 Å². The van der Waals surface area contributed by atoms with Crippen LogP contribution in [0.5, 0.6) is 0 Å². The van der Waals surface area contributed by atoms with E-state index in [1.54, 1.807) is 0 Å². The third kappa shape index (κ3) is 3.51. The van der Waals surface area contributed by atoms with E-state index in [0.717, 1.165) is 50.4 Å². The Balaban J connectivity index is 1.71. The minimum Gasteiger partial charge on any atom is -0.378 e. The van der Waals surface area contributed by atoms with Gasteiger partial charge in [0.25, 0.3) is 0 Å². The van der Waals surface area contributed by atoms with Crippen LogP contribution in [0.3, 0.4) is 0 Å². The number of hydrogen-bond donors (Lipinski definition) is 1. The number of nitrogens with zero attached hydrogens (tertiary/aromatic N) is 2. The second-order valence-corrected chi connectivity index (χ2v) is 4.62. The van der Waals surface area contributed by atoms with Gasteiger partial charge in [0.2, 0.25) is 5.89 Å². The molecule has 1 aromatic rings. The van der Waals surface area contributed by atoms with Crippen LogP contribution >= 0.6 is 0 Å². The second-order valence-electron chi connectivity index (χ2n) is 4.62. The number of rotatable bonds is 7. The first kappa shape index (κ1) is 12.5. The summed E-state index contributed by atoms with van der Waals surface area (Å²) in [5, 5.41) is 3.95. The van der Waals surface area contributed by atoms with Crippen LogP contribution in [0.15, 0.2) is 4.52 Å². The molecule has 5 heteroatoms. The predicted molar refractivity (Wildman–Crippen MR) is 63.5 cm³/mol. The highest BCUT2D eigenvalue weighted by molar-refractivity contribution is 4.92. The van der Waals surface area contributed by atoms with Crippen molar-refractivity contribution in [3.63, 3.8) is 0 Å². The highest BCUT2D eigenvalue weighted by atomic mass is 16.5. The average Bonchev–Trinajstić information content (AvgIpc) is 2.71. The van der Waals surface area contributed by atoms with Gasteiger partial charge in [-0.25, -0.2) is 0 Å². The van der Waals surface area contributed by atoms with Gasteiger partial charge < -0.3 is 15.0 Å². The number of aromatic nitrogens is 2. The van der Waals surface area contributed by atoms with Gasteiger partial charge in [-0.2, -0.15) is 4.98 Å². The van der Waals surface area contributed by atoms with E-state index >= 15 is 0 Å². The Morgan fingerprint density at radius 2 is 2.29 bits per heavy atom. The molecule has 1 aromatic heterocycles. The van der Waals surface area contributed by atoms with E-state index < -0.39 is 0 Å². The second kappa shape index (κ2) is 6.12. The number of nitrogens with two attached hydrogens (primary N) is 1. The Labute approximate surface area is 102 Å². The van der Waals surface area contributed by atoms with E-state index in [1.165, 1.54) is 0 Å². The maximum absolute atomic E-state index is 5.52. The molecule has 0 atom stereocenters.